The van der Waals surface area contributed by atoms with Gasteiger partial charge in [0.15, 0.2) is 0 Å². The Bertz CT molecular complexity index is 751. The van der Waals surface area contributed by atoms with Gasteiger partial charge >= 0.3 is 0 Å². The van der Waals surface area contributed by atoms with Crippen LogP contribution in [0.3, 0.4) is 0 Å². The van der Waals surface area contributed by atoms with E-state index in [4.69, 9.17) is 0 Å². The highest BCUT2D eigenvalue weighted by Gasteiger charge is 2.40. The minimum Gasteiger partial charge on any atom is -0.341 e. The van der Waals surface area contributed by atoms with Crippen molar-refractivity contribution >= 4 is 28.3 Å². The third-order valence-electron chi connectivity index (χ3n) is 5.11. The van der Waals surface area contributed by atoms with Crippen LogP contribution in [0.1, 0.15) is 18.3 Å². The first-order valence-electron chi connectivity index (χ1n) is 8.22. The maximum Gasteiger partial charge on any atom is 0.244 e. The maximum atomic E-state index is 12.7. The first-order valence-corrected chi connectivity index (χ1v) is 9.71. The number of hydrogen-bond donors (Lipinski definition) is 2. The van der Waals surface area contributed by atoms with E-state index in [0.717, 1.165) is 13.1 Å². The van der Waals surface area contributed by atoms with Crippen LogP contribution in [0.2, 0.25) is 0 Å². The number of hydrogen-bond acceptors (Lipinski definition) is 5. The fourth-order valence-corrected chi connectivity index (χ4v) is 5.43. The van der Waals surface area contributed by atoms with E-state index in [0.29, 0.717) is 36.3 Å². The molecule has 3 rings (SSSR count). The SMILES string of the molecule is Cc1nn(C)c(C)c1S(=O)(=O)NC(C)C(=O)N1C[C@H]2CNC[C@H]2C1.Cl. The summed E-state index contributed by atoms with van der Waals surface area (Å²) in [5.41, 5.74) is 0.991. The van der Waals surface area contributed by atoms with Gasteiger partial charge in [0.1, 0.15) is 4.90 Å². The van der Waals surface area contributed by atoms with Crippen molar-refractivity contribution in [2.75, 3.05) is 26.2 Å². The second kappa shape index (κ2) is 7.22. The maximum absolute atomic E-state index is 12.7. The van der Waals surface area contributed by atoms with Crippen molar-refractivity contribution < 1.29 is 13.2 Å². The zero-order valence-corrected chi connectivity index (χ0v) is 16.6. The van der Waals surface area contributed by atoms with Gasteiger partial charge in [-0.05, 0) is 32.6 Å². The number of likely N-dealkylation sites (tertiary alicyclic amines) is 1. The van der Waals surface area contributed by atoms with Gasteiger partial charge in [-0.25, -0.2) is 8.42 Å². The quantitative estimate of drug-likeness (QED) is 0.741. The molecule has 25 heavy (non-hydrogen) atoms. The van der Waals surface area contributed by atoms with Crippen LogP contribution in [-0.2, 0) is 21.9 Å². The van der Waals surface area contributed by atoms with Gasteiger partial charge in [-0.1, -0.05) is 0 Å². The molecule has 0 aliphatic carbocycles. The molecule has 2 aliphatic heterocycles. The molecule has 1 aromatic rings. The first kappa shape index (κ1) is 20.2. The lowest BCUT2D eigenvalue weighted by Gasteiger charge is -2.22. The molecule has 1 aromatic heterocycles. The predicted octanol–water partition coefficient (Wildman–Crippen LogP) is -0.197. The molecule has 1 unspecified atom stereocenters. The Hall–Kier alpha value is -1.16. The van der Waals surface area contributed by atoms with Gasteiger partial charge in [-0.2, -0.15) is 9.82 Å². The molecule has 2 fully saturated rings. The Labute approximate surface area is 154 Å². The Morgan fingerprint density at radius 1 is 1.28 bits per heavy atom. The second-order valence-electron chi connectivity index (χ2n) is 6.89. The third kappa shape index (κ3) is 3.69. The standard InChI is InChI=1S/C15H25N5O3S.ClH/c1-9-14(11(3)19(4)17-9)24(22,23)18-10(2)15(21)20-7-12-5-16-6-13(12)8-20;/h10,12-13,16,18H,5-8H2,1-4H3;1H/t10?,12-,13+;. The molecular formula is C15H26ClN5O3S. The molecule has 0 saturated carbocycles. The summed E-state index contributed by atoms with van der Waals surface area (Å²) < 4.78 is 29.4. The number of nitrogens with one attached hydrogen (secondary N) is 2. The van der Waals surface area contributed by atoms with E-state index >= 15 is 0 Å². The summed E-state index contributed by atoms with van der Waals surface area (Å²) in [6.07, 6.45) is 0. The number of halogens is 1. The van der Waals surface area contributed by atoms with Crippen molar-refractivity contribution in [3.05, 3.63) is 11.4 Å². The lowest BCUT2D eigenvalue weighted by atomic mass is 10.0. The van der Waals surface area contributed by atoms with Crippen LogP contribution in [0.4, 0.5) is 0 Å². The number of nitrogens with zero attached hydrogens (tertiary/aromatic N) is 3. The molecule has 8 nitrogen and oxygen atoms in total. The Morgan fingerprint density at radius 2 is 1.84 bits per heavy atom. The first-order chi connectivity index (χ1) is 11.2. The lowest BCUT2D eigenvalue weighted by molar-refractivity contribution is -0.131. The monoisotopic (exact) mass is 391 g/mol. The van der Waals surface area contributed by atoms with Crippen LogP contribution in [-0.4, -0.2) is 61.2 Å². The predicted molar refractivity (Wildman–Crippen MR) is 96.1 cm³/mol. The Balaban J connectivity index is 0.00000225. The zero-order chi connectivity index (χ0) is 17.6. The number of aromatic nitrogens is 2. The number of sulfonamides is 1. The summed E-state index contributed by atoms with van der Waals surface area (Å²) in [5, 5.41) is 7.47. The van der Waals surface area contributed by atoms with Gasteiger partial charge in [0, 0.05) is 33.2 Å². The van der Waals surface area contributed by atoms with Crippen molar-refractivity contribution in [1.29, 1.82) is 0 Å². The molecule has 2 saturated heterocycles. The van der Waals surface area contributed by atoms with Crippen molar-refractivity contribution in [3.8, 4) is 0 Å². The van der Waals surface area contributed by atoms with Gasteiger partial charge in [-0.3, -0.25) is 9.48 Å². The molecule has 2 N–H and O–H groups in total. The Kier molecular flexibility index (Phi) is 5.82. The number of fused-ring (bicyclic) bond motifs is 1. The van der Waals surface area contributed by atoms with Crippen molar-refractivity contribution in [2.24, 2.45) is 18.9 Å². The number of carbonyl (C=O) groups excluding carboxylic acids is 1. The van der Waals surface area contributed by atoms with Crippen LogP contribution in [0.5, 0.6) is 0 Å². The van der Waals surface area contributed by atoms with E-state index in [-0.39, 0.29) is 23.2 Å². The minimum absolute atomic E-state index is 0. The van der Waals surface area contributed by atoms with Crippen LogP contribution < -0.4 is 10.0 Å². The fraction of sp³-hybridized carbons (Fsp3) is 0.733. The summed E-state index contributed by atoms with van der Waals surface area (Å²) >= 11 is 0. The molecule has 0 bridgehead atoms. The number of carbonyl (C=O) groups is 1. The summed E-state index contributed by atoms with van der Waals surface area (Å²) in [7, 11) is -2.09. The second-order valence-corrected chi connectivity index (χ2v) is 8.54. The molecule has 3 heterocycles. The van der Waals surface area contributed by atoms with Crippen molar-refractivity contribution in [3.63, 3.8) is 0 Å². The number of amides is 1. The largest absolute Gasteiger partial charge is 0.341 e. The molecule has 142 valence electrons. The fourth-order valence-electron chi connectivity index (χ4n) is 3.79. The van der Waals surface area contributed by atoms with Gasteiger partial charge < -0.3 is 10.2 Å². The van der Waals surface area contributed by atoms with Crippen LogP contribution in [0, 0.1) is 25.7 Å². The van der Waals surface area contributed by atoms with Gasteiger partial charge in [0.25, 0.3) is 0 Å². The average molecular weight is 392 g/mol. The minimum atomic E-state index is -3.79. The van der Waals surface area contributed by atoms with Gasteiger partial charge in [-0.15, -0.1) is 12.4 Å². The highest BCUT2D eigenvalue weighted by Crippen LogP contribution is 2.27. The van der Waals surface area contributed by atoms with E-state index in [1.807, 2.05) is 0 Å². The molecule has 1 amide bonds. The zero-order valence-electron chi connectivity index (χ0n) is 14.9. The Morgan fingerprint density at radius 3 is 2.32 bits per heavy atom. The van der Waals surface area contributed by atoms with Gasteiger partial charge in [0.05, 0.1) is 17.4 Å². The summed E-state index contributed by atoms with van der Waals surface area (Å²) in [6.45, 7) is 8.23. The van der Waals surface area contributed by atoms with E-state index in [2.05, 4.69) is 15.1 Å². The molecule has 3 atom stereocenters. The van der Waals surface area contributed by atoms with E-state index in [1.54, 1.807) is 32.7 Å². The highest BCUT2D eigenvalue weighted by atomic mass is 35.5. The number of rotatable bonds is 4. The topological polar surface area (TPSA) is 96.3 Å². The molecular weight excluding hydrogens is 366 g/mol. The third-order valence-corrected chi connectivity index (χ3v) is 6.91. The molecule has 10 heteroatoms. The normalized spacial score (nSPS) is 24.1. The summed E-state index contributed by atoms with van der Waals surface area (Å²) in [5.74, 6) is 0.813. The van der Waals surface area contributed by atoms with Gasteiger partial charge in [0.2, 0.25) is 15.9 Å². The molecule has 0 aromatic carbocycles. The summed E-state index contributed by atoms with van der Waals surface area (Å²) in [6, 6.07) is -0.791. The van der Waals surface area contributed by atoms with E-state index in [1.165, 1.54) is 4.68 Å². The van der Waals surface area contributed by atoms with Crippen LogP contribution >= 0.6 is 12.4 Å². The molecule has 0 spiro atoms. The summed E-state index contributed by atoms with van der Waals surface area (Å²) in [4.78, 5) is 14.6. The van der Waals surface area contributed by atoms with E-state index < -0.39 is 16.1 Å². The lowest BCUT2D eigenvalue weighted by Crippen LogP contribution is -2.46. The molecule has 0 radical (unpaired) electrons. The van der Waals surface area contributed by atoms with Crippen LogP contribution in [0.15, 0.2) is 4.90 Å². The average Bonchev–Trinajstić information content (AvgIpc) is 3.11. The van der Waals surface area contributed by atoms with Crippen molar-refractivity contribution in [2.45, 2.75) is 31.7 Å². The number of aryl methyl sites for hydroxylation is 2. The van der Waals surface area contributed by atoms with Crippen LogP contribution in [0.25, 0.3) is 0 Å². The highest BCUT2D eigenvalue weighted by molar-refractivity contribution is 7.89. The van der Waals surface area contributed by atoms with E-state index in [9.17, 15) is 13.2 Å². The molecule has 2 aliphatic rings. The van der Waals surface area contributed by atoms with Crippen molar-refractivity contribution in [1.82, 2.24) is 24.7 Å². The smallest absolute Gasteiger partial charge is 0.244 e.